The highest BCUT2D eigenvalue weighted by molar-refractivity contribution is 14.1. The minimum Gasteiger partial charge on any atom is -0.216 e. The van der Waals surface area contributed by atoms with E-state index in [2.05, 4.69) is 0 Å². The van der Waals surface area contributed by atoms with Crippen molar-refractivity contribution in [1.82, 2.24) is 0 Å². The maximum absolute atomic E-state index is 12.8. The molecular weight excluding hydrogens is 419 g/mol. The predicted octanol–water partition coefficient (Wildman–Crippen LogP) is 4.79. The van der Waals surface area contributed by atoms with Crippen molar-refractivity contribution in [3.05, 3.63) is 11.9 Å². The fourth-order valence-corrected chi connectivity index (χ4v) is 0.947. The van der Waals surface area contributed by atoms with Gasteiger partial charge in [-0.15, -0.1) is 0 Å². The number of rotatable bonds is 3. The summed E-state index contributed by atoms with van der Waals surface area (Å²) >= 11 is 1.14. The summed E-state index contributed by atoms with van der Waals surface area (Å²) in [5, 5.41) is 0. The molecule has 0 aromatic carbocycles. The summed E-state index contributed by atoms with van der Waals surface area (Å²) in [7, 11) is 0. The first-order valence-corrected chi connectivity index (χ1v) is 4.76. The molecule has 0 saturated heterocycles. The molecule has 15 heavy (non-hydrogen) atoms. The molecule has 1 unspecified atom stereocenters. The van der Waals surface area contributed by atoms with E-state index in [9.17, 15) is 35.1 Å². The van der Waals surface area contributed by atoms with Gasteiger partial charge in [0.1, 0.15) is 0 Å². The van der Waals surface area contributed by atoms with Crippen LogP contribution < -0.4 is 0 Å². The number of halogens is 10. The molecule has 0 aliphatic heterocycles. The van der Waals surface area contributed by atoms with Gasteiger partial charge in [0.25, 0.3) is 0 Å². The zero-order chi connectivity index (χ0) is 12.7. The van der Waals surface area contributed by atoms with Crippen molar-refractivity contribution in [3.8, 4) is 0 Å². The van der Waals surface area contributed by atoms with Crippen LogP contribution in [0.4, 0.5) is 35.1 Å². The molecule has 0 N–H and O–H groups in total. The highest BCUT2D eigenvalue weighted by Crippen LogP contribution is 2.55. The molecule has 0 aromatic rings. The van der Waals surface area contributed by atoms with Crippen molar-refractivity contribution in [3.63, 3.8) is 0 Å². The van der Waals surface area contributed by atoms with Gasteiger partial charge in [-0.3, -0.25) is 0 Å². The Morgan fingerprint density at radius 1 is 0.933 bits per heavy atom. The predicted molar refractivity (Wildman–Crippen MR) is 47.0 cm³/mol. The fraction of sp³-hybridized carbons (Fsp3) is 0.600. The smallest absolute Gasteiger partial charge is 0.216 e. The number of hydrogen-bond donors (Lipinski definition) is 0. The topological polar surface area (TPSA) is 0 Å². The number of hydrogen-bond acceptors (Lipinski definition) is 0. The highest BCUT2D eigenvalue weighted by Gasteiger charge is 2.70. The van der Waals surface area contributed by atoms with Gasteiger partial charge in [0.15, 0.2) is 0 Å². The maximum atomic E-state index is 12.8. The van der Waals surface area contributed by atoms with Crippen molar-refractivity contribution < 1.29 is 35.1 Å². The van der Waals surface area contributed by atoms with Crippen LogP contribution in [0.5, 0.6) is 0 Å². The lowest BCUT2D eigenvalue weighted by molar-refractivity contribution is -0.139. The van der Waals surface area contributed by atoms with E-state index in [-0.39, 0.29) is 22.6 Å². The van der Waals surface area contributed by atoms with Gasteiger partial charge < -0.3 is 0 Å². The Morgan fingerprint density at radius 3 is 1.47 bits per heavy atom. The van der Waals surface area contributed by atoms with E-state index in [1.165, 1.54) is 15.9 Å². The largest absolute Gasteiger partial charge is 0.354 e. The normalized spacial score (nSPS) is 17.2. The second-order valence-electron chi connectivity index (χ2n) is 2.22. The van der Waals surface area contributed by atoms with Gasteiger partial charge >= 0.3 is 20.5 Å². The van der Waals surface area contributed by atoms with Crippen molar-refractivity contribution >= 4 is 38.5 Å². The Morgan fingerprint density at radius 2 is 1.27 bits per heavy atom. The third kappa shape index (κ3) is 2.74. The summed E-state index contributed by atoms with van der Waals surface area (Å²) in [5.74, 6) is -9.23. The number of alkyl halides is 7. The van der Waals surface area contributed by atoms with E-state index in [0.29, 0.717) is 0 Å². The number of allylic oxidation sites excluding steroid dienone is 1. The van der Waals surface area contributed by atoms with Gasteiger partial charge in [-0.05, 0) is 15.9 Å². The quantitative estimate of drug-likeness (QED) is 0.351. The molecule has 0 aromatic heterocycles. The molecule has 0 saturated carbocycles. The van der Waals surface area contributed by atoms with Crippen molar-refractivity contribution in [2.45, 2.75) is 14.4 Å². The first kappa shape index (κ1) is 15.4. The molecule has 0 rings (SSSR count). The minimum atomic E-state index is -5.68. The monoisotopic (exact) mass is 418 g/mol. The van der Waals surface area contributed by atoms with E-state index in [0.717, 1.165) is 0 Å². The first-order chi connectivity index (χ1) is 6.35. The van der Waals surface area contributed by atoms with Crippen LogP contribution in [0.1, 0.15) is 0 Å². The van der Waals surface area contributed by atoms with Crippen LogP contribution in [0.25, 0.3) is 0 Å². The molecule has 1 atom stereocenters. The van der Waals surface area contributed by atoms with Gasteiger partial charge in [-0.25, -0.2) is 4.39 Å². The van der Waals surface area contributed by atoms with Crippen LogP contribution in [0.15, 0.2) is 11.9 Å². The summed E-state index contributed by atoms with van der Waals surface area (Å²) in [4.78, 5) is 0. The first-order valence-electron chi connectivity index (χ1n) is 2.89. The lowest BCUT2D eigenvalue weighted by Gasteiger charge is -2.29. The highest BCUT2D eigenvalue weighted by atomic mass is 127. The van der Waals surface area contributed by atoms with Crippen molar-refractivity contribution in [2.75, 3.05) is 0 Å². The third-order valence-corrected chi connectivity index (χ3v) is 3.67. The minimum absolute atomic E-state index is 0.0680. The Balaban J connectivity index is 5.49. The molecule has 0 spiro atoms. The zero-order valence-corrected chi connectivity index (χ0v) is 10.0. The fourth-order valence-electron chi connectivity index (χ4n) is 0.435. The van der Waals surface area contributed by atoms with Gasteiger partial charge in [0.2, 0.25) is 5.83 Å². The van der Waals surface area contributed by atoms with E-state index < -0.39 is 26.3 Å². The molecule has 0 fully saturated rings. The van der Waals surface area contributed by atoms with Gasteiger partial charge in [0.05, 0.1) is 0 Å². The van der Waals surface area contributed by atoms with E-state index in [4.69, 9.17) is 0 Å². The molecule has 0 heterocycles. The summed E-state index contributed by atoms with van der Waals surface area (Å²) in [5.41, 5.74) is 0. The Hall–Kier alpha value is 0.390. The molecular formula is C5BrF8I. The summed E-state index contributed by atoms with van der Waals surface area (Å²) < 4.78 is 87.6. The lowest BCUT2D eigenvalue weighted by Crippen LogP contribution is -2.50. The average molecular weight is 419 g/mol. The summed E-state index contributed by atoms with van der Waals surface area (Å²) in [6.07, 6.45) is -3.57. The van der Waals surface area contributed by atoms with Crippen LogP contribution >= 0.6 is 38.5 Å². The molecule has 0 aliphatic carbocycles. The maximum Gasteiger partial charge on any atom is 0.354 e. The van der Waals surface area contributed by atoms with Crippen LogP contribution in [0.3, 0.4) is 0 Å². The Bertz CT molecular complexity index is 275. The van der Waals surface area contributed by atoms with E-state index in [1.54, 1.807) is 0 Å². The lowest BCUT2D eigenvalue weighted by atomic mass is 10.2. The van der Waals surface area contributed by atoms with E-state index in [1.807, 2.05) is 0 Å². The van der Waals surface area contributed by atoms with Crippen molar-refractivity contribution in [2.24, 2.45) is 0 Å². The molecule has 0 bridgehead atoms. The summed E-state index contributed by atoms with van der Waals surface area (Å²) in [6.45, 7) is 0. The van der Waals surface area contributed by atoms with Gasteiger partial charge in [-0.2, -0.15) is 30.7 Å². The van der Waals surface area contributed by atoms with Crippen molar-refractivity contribution in [1.29, 1.82) is 0 Å². The van der Waals surface area contributed by atoms with E-state index >= 15 is 0 Å². The molecule has 0 amide bonds. The van der Waals surface area contributed by atoms with Crippen LogP contribution in [-0.4, -0.2) is 14.4 Å². The second-order valence-corrected chi connectivity index (χ2v) is 4.67. The third-order valence-electron chi connectivity index (χ3n) is 1.19. The van der Waals surface area contributed by atoms with Gasteiger partial charge in [0, 0.05) is 22.6 Å². The van der Waals surface area contributed by atoms with Crippen LogP contribution in [0.2, 0.25) is 0 Å². The van der Waals surface area contributed by atoms with Crippen LogP contribution in [0, 0.1) is 0 Å². The molecule has 90 valence electrons. The zero-order valence-electron chi connectivity index (χ0n) is 6.28. The molecule has 0 aliphatic rings. The molecule has 10 heteroatoms. The van der Waals surface area contributed by atoms with Gasteiger partial charge in [-0.1, -0.05) is 0 Å². The SMILES string of the molecule is FC(F)=C(F)C(F)(F)C(F)(Br)C(F)(F)I. The Labute approximate surface area is 100.0 Å². The average Bonchev–Trinajstić information content (AvgIpc) is 2.00. The standard InChI is InChI=1S/C5BrF8I/c6-4(12,5(13,14)15)3(10,11)1(7)2(8)9. The van der Waals surface area contributed by atoms with Crippen LogP contribution in [-0.2, 0) is 0 Å². The molecule has 0 nitrogen and oxygen atoms in total. The Kier molecular flexibility index (Phi) is 4.45. The second kappa shape index (κ2) is 4.34. The molecule has 0 radical (unpaired) electrons. The summed E-state index contributed by atoms with van der Waals surface area (Å²) in [6, 6.07) is 0.